The average molecular weight is 326 g/mol. The first-order valence-electron chi connectivity index (χ1n) is 5.92. The quantitative estimate of drug-likeness (QED) is 0.405. The lowest BCUT2D eigenvalue weighted by molar-refractivity contribution is 0.319. The Kier molecular flexibility index (Phi) is 4.50. The molecule has 0 saturated carbocycles. The summed E-state index contributed by atoms with van der Waals surface area (Å²) < 4.78 is 29.5. The summed E-state index contributed by atoms with van der Waals surface area (Å²) in [5.74, 6) is 0.0403. The Morgan fingerprint density at radius 2 is 1.86 bits per heavy atom. The van der Waals surface area contributed by atoms with Crippen LogP contribution in [-0.4, -0.2) is 19.3 Å². The van der Waals surface area contributed by atoms with E-state index in [1.807, 2.05) is 0 Å². The molecule has 0 fully saturated rings. The van der Waals surface area contributed by atoms with E-state index in [4.69, 9.17) is 21.0 Å². The standard InChI is InChI=1S/C14H12ClNO4S/c1-10(16-17)13-9-11(15)7-8-14(13)20-21(18,19)12-5-3-2-4-6-12/h2-9,17H,1H3/b16-10+. The Bertz CT molecular complexity index is 773. The van der Waals surface area contributed by atoms with Crippen LogP contribution in [0.1, 0.15) is 12.5 Å². The SMILES string of the molecule is C/C(=N\O)c1cc(Cl)ccc1OS(=O)(=O)c1ccccc1. The van der Waals surface area contributed by atoms with Gasteiger partial charge in [-0.2, -0.15) is 8.42 Å². The van der Waals surface area contributed by atoms with E-state index in [1.54, 1.807) is 18.2 Å². The molecule has 2 rings (SSSR count). The zero-order valence-electron chi connectivity index (χ0n) is 11.0. The largest absolute Gasteiger partial charge is 0.411 e. The van der Waals surface area contributed by atoms with Crippen LogP contribution in [0.2, 0.25) is 5.02 Å². The lowest BCUT2D eigenvalue weighted by atomic mass is 10.1. The molecule has 0 spiro atoms. The molecule has 2 aromatic rings. The molecule has 0 aliphatic carbocycles. The van der Waals surface area contributed by atoms with E-state index in [0.717, 1.165) is 0 Å². The summed E-state index contributed by atoms with van der Waals surface area (Å²) in [4.78, 5) is 0.0319. The van der Waals surface area contributed by atoms with Crippen molar-refractivity contribution in [3.63, 3.8) is 0 Å². The van der Waals surface area contributed by atoms with Crippen LogP contribution in [0.5, 0.6) is 5.75 Å². The van der Waals surface area contributed by atoms with E-state index >= 15 is 0 Å². The predicted molar refractivity (Wildman–Crippen MR) is 79.7 cm³/mol. The van der Waals surface area contributed by atoms with Gasteiger partial charge in [0.1, 0.15) is 4.90 Å². The van der Waals surface area contributed by atoms with Crippen molar-refractivity contribution < 1.29 is 17.8 Å². The van der Waals surface area contributed by atoms with Gasteiger partial charge in [0.25, 0.3) is 0 Å². The van der Waals surface area contributed by atoms with Gasteiger partial charge in [0.15, 0.2) is 5.75 Å². The molecule has 5 nitrogen and oxygen atoms in total. The van der Waals surface area contributed by atoms with Gasteiger partial charge in [0, 0.05) is 10.6 Å². The molecule has 0 radical (unpaired) electrons. The van der Waals surface area contributed by atoms with Gasteiger partial charge in [-0.1, -0.05) is 35.0 Å². The van der Waals surface area contributed by atoms with E-state index in [-0.39, 0.29) is 16.4 Å². The molecule has 0 unspecified atom stereocenters. The normalized spacial score (nSPS) is 12.2. The number of benzene rings is 2. The molecule has 0 bridgehead atoms. The first-order valence-corrected chi connectivity index (χ1v) is 7.71. The van der Waals surface area contributed by atoms with Gasteiger partial charge in [-0.15, -0.1) is 0 Å². The fourth-order valence-corrected chi connectivity index (χ4v) is 2.81. The Morgan fingerprint density at radius 3 is 2.48 bits per heavy atom. The third kappa shape index (κ3) is 3.53. The van der Waals surface area contributed by atoms with E-state index in [1.165, 1.54) is 37.3 Å². The van der Waals surface area contributed by atoms with Gasteiger partial charge < -0.3 is 9.39 Å². The van der Waals surface area contributed by atoms with Gasteiger partial charge in [-0.25, -0.2) is 0 Å². The Morgan fingerprint density at radius 1 is 1.19 bits per heavy atom. The van der Waals surface area contributed by atoms with E-state index in [0.29, 0.717) is 10.6 Å². The van der Waals surface area contributed by atoms with Gasteiger partial charge in [-0.3, -0.25) is 0 Å². The summed E-state index contributed by atoms with van der Waals surface area (Å²) in [6.07, 6.45) is 0. The highest BCUT2D eigenvalue weighted by molar-refractivity contribution is 7.87. The zero-order valence-corrected chi connectivity index (χ0v) is 12.6. The number of halogens is 1. The van der Waals surface area contributed by atoms with Crippen molar-refractivity contribution in [2.24, 2.45) is 5.16 Å². The van der Waals surface area contributed by atoms with Crippen molar-refractivity contribution in [3.8, 4) is 5.75 Å². The lowest BCUT2D eigenvalue weighted by Crippen LogP contribution is -2.12. The minimum atomic E-state index is -3.97. The number of hydrogen-bond donors (Lipinski definition) is 1. The smallest absolute Gasteiger partial charge is 0.339 e. The van der Waals surface area contributed by atoms with Gasteiger partial charge in [-0.05, 0) is 37.3 Å². The molecule has 0 aromatic heterocycles. The molecule has 110 valence electrons. The summed E-state index contributed by atoms with van der Waals surface area (Å²) in [5, 5.41) is 12.3. The highest BCUT2D eigenvalue weighted by Crippen LogP contribution is 2.26. The van der Waals surface area contributed by atoms with E-state index < -0.39 is 10.1 Å². The molecule has 2 aromatic carbocycles. The van der Waals surface area contributed by atoms with Crippen LogP contribution in [0.25, 0.3) is 0 Å². The summed E-state index contributed by atoms with van der Waals surface area (Å²) in [6.45, 7) is 1.51. The highest BCUT2D eigenvalue weighted by atomic mass is 35.5. The minimum Gasteiger partial charge on any atom is -0.411 e. The van der Waals surface area contributed by atoms with Crippen molar-refractivity contribution >= 4 is 27.4 Å². The molecule has 0 heterocycles. The van der Waals surface area contributed by atoms with Crippen molar-refractivity contribution in [1.82, 2.24) is 0 Å². The maximum absolute atomic E-state index is 12.2. The lowest BCUT2D eigenvalue weighted by Gasteiger charge is -2.11. The molecule has 21 heavy (non-hydrogen) atoms. The number of hydrogen-bond acceptors (Lipinski definition) is 5. The van der Waals surface area contributed by atoms with Crippen LogP contribution in [0.15, 0.2) is 58.6 Å². The van der Waals surface area contributed by atoms with E-state index in [9.17, 15) is 8.42 Å². The monoisotopic (exact) mass is 325 g/mol. The molecular weight excluding hydrogens is 314 g/mol. The van der Waals surface area contributed by atoms with Crippen molar-refractivity contribution in [2.75, 3.05) is 0 Å². The number of nitrogens with zero attached hydrogens (tertiary/aromatic N) is 1. The average Bonchev–Trinajstić information content (AvgIpc) is 2.49. The number of oxime groups is 1. The molecule has 7 heteroatoms. The molecule has 0 atom stereocenters. The Hall–Kier alpha value is -2.05. The molecular formula is C14H12ClNO4S. The second-order valence-electron chi connectivity index (χ2n) is 4.18. The fourth-order valence-electron chi connectivity index (χ4n) is 1.66. The van der Waals surface area contributed by atoms with Gasteiger partial charge >= 0.3 is 10.1 Å². The van der Waals surface area contributed by atoms with Crippen molar-refractivity contribution in [1.29, 1.82) is 0 Å². The third-order valence-electron chi connectivity index (χ3n) is 2.71. The maximum atomic E-state index is 12.2. The zero-order chi connectivity index (χ0) is 15.5. The first-order chi connectivity index (χ1) is 9.94. The van der Waals surface area contributed by atoms with Crippen LogP contribution in [-0.2, 0) is 10.1 Å². The first kappa shape index (κ1) is 15.3. The minimum absolute atomic E-state index is 0.0319. The Balaban J connectivity index is 2.45. The van der Waals surface area contributed by atoms with E-state index in [2.05, 4.69) is 5.16 Å². The van der Waals surface area contributed by atoms with Crippen LogP contribution in [0.3, 0.4) is 0 Å². The summed E-state index contributed by atoms with van der Waals surface area (Å²) in [6, 6.07) is 12.1. The topological polar surface area (TPSA) is 76.0 Å². The van der Waals surface area contributed by atoms with Crippen LogP contribution < -0.4 is 4.18 Å². The van der Waals surface area contributed by atoms with Gasteiger partial charge in [0.05, 0.1) is 5.71 Å². The van der Waals surface area contributed by atoms with Crippen molar-refractivity contribution in [3.05, 3.63) is 59.1 Å². The second-order valence-corrected chi connectivity index (χ2v) is 6.16. The fraction of sp³-hybridized carbons (Fsp3) is 0.0714. The second kappa shape index (κ2) is 6.15. The van der Waals surface area contributed by atoms with Crippen LogP contribution in [0.4, 0.5) is 0 Å². The summed E-state index contributed by atoms with van der Waals surface area (Å²) in [7, 11) is -3.97. The Labute approximate surface area is 127 Å². The maximum Gasteiger partial charge on any atom is 0.339 e. The third-order valence-corrected chi connectivity index (χ3v) is 4.20. The highest BCUT2D eigenvalue weighted by Gasteiger charge is 2.19. The summed E-state index contributed by atoms with van der Waals surface area (Å²) >= 11 is 5.86. The molecule has 1 N–H and O–H groups in total. The molecule has 0 aliphatic rings. The van der Waals surface area contributed by atoms with Gasteiger partial charge in [0.2, 0.25) is 0 Å². The van der Waals surface area contributed by atoms with Crippen LogP contribution >= 0.6 is 11.6 Å². The van der Waals surface area contributed by atoms with Crippen molar-refractivity contribution in [2.45, 2.75) is 11.8 Å². The number of rotatable bonds is 4. The van der Waals surface area contributed by atoms with Crippen LogP contribution in [0, 0.1) is 0 Å². The molecule has 0 amide bonds. The molecule has 0 aliphatic heterocycles. The summed E-state index contributed by atoms with van der Waals surface area (Å²) in [5.41, 5.74) is 0.486. The molecule has 0 saturated heterocycles. The predicted octanol–water partition coefficient (Wildman–Crippen LogP) is 3.31.